The van der Waals surface area contributed by atoms with E-state index in [1.165, 1.54) is 25.8 Å². The molecule has 1 aromatic carbocycles. The number of phenolic OH excluding ortho intramolecular Hbond substituents is 1. The highest BCUT2D eigenvalue weighted by Gasteiger charge is 2.17. The van der Waals surface area contributed by atoms with Crippen LogP contribution in [-0.2, 0) is 6.54 Å². The Morgan fingerprint density at radius 3 is 2.52 bits per heavy atom. The lowest BCUT2D eigenvalue weighted by atomic mass is 10.0. The van der Waals surface area contributed by atoms with Crippen molar-refractivity contribution in [2.24, 2.45) is 0 Å². The number of hydrogen-bond acceptors (Lipinski definition) is 3. The highest BCUT2D eigenvalue weighted by Crippen LogP contribution is 2.29. The molecule has 0 aromatic heterocycles. The Balaban J connectivity index is 2.95. The molecule has 0 radical (unpaired) electrons. The number of aromatic hydroxyl groups is 1. The van der Waals surface area contributed by atoms with Crippen LogP contribution in [0.2, 0.25) is 5.02 Å². The summed E-state index contributed by atoms with van der Waals surface area (Å²) >= 11 is 6.07. The summed E-state index contributed by atoms with van der Waals surface area (Å²) in [5.41, 5.74) is 1.02. The molecular weight excluding hydrogens is 286 g/mol. The van der Waals surface area contributed by atoms with E-state index in [1.54, 1.807) is 6.07 Å². The normalized spacial score (nSPS) is 11.4. The van der Waals surface area contributed by atoms with Crippen LogP contribution in [0.3, 0.4) is 0 Å². The van der Waals surface area contributed by atoms with E-state index in [4.69, 9.17) is 11.6 Å². The molecule has 1 aromatic rings. The van der Waals surface area contributed by atoms with Gasteiger partial charge in [-0.2, -0.15) is 0 Å². The van der Waals surface area contributed by atoms with Gasteiger partial charge in [-0.1, -0.05) is 31.4 Å². The van der Waals surface area contributed by atoms with Crippen LogP contribution < -0.4 is 0 Å². The van der Waals surface area contributed by atoms with Crippen molar-refractivity contribution >= 4 is 17.4 Å². The van der Waals surface area contributed by atoms with Gasteiger partial charge in [-0.25, -0.2) is 0 Å². The molecule has 21 heavy (non-hydrogen) atoms. The van der Waals surface area contributed by atoms with Gasteiger partial charge in [0, 0.05) is 23.2 Å². The van der Waals surface area contributed by atoms with Gasteiger partial charge in [-0.3, -0.25) is 9.69 Å². The number of unbranched alkanes of at least 4 members (excludes halogenated alkanes) is 2. The molecule has 0 aliphatic carbocycles. The van der Waals surface area contributed by atoms with Crippen molar-refractivity contribution in [3.63, 3.8) is 0 Å². The number of hydrogen-bond donors (Lipinski definition) is 1. The van der Waals surface area contributed by atoms with Gasteiger partial charge in [0.1, 0.15) is 5.75 Å². The number of halogens is 1. The molecular formula is C17H26ClNO2. The number of rotatable bonds is 8. The summed E-state index contributed by atoms with van der Waals surface area (Å²) in [6, 6.07) is 3.65. The summed E-state index contributed by atoms with van der Waals surface area (Å²) in [6.07, 6.45) is 3.52. The molecule has 0 unspecified atom stereocenters. The molecule has 0 bridgehead atoms. The zero-order valence-electron chi connectivity index (χ0n) is 13.4. The van der Waals surface area contributed by atoms with Gasteiger partial charge >= 0.3 is 0 Å². The molecule has 118 valence electrons. The van der Waals surface area contributed by atoms with Crippen LogP contribution in [0.4, 0.5) is 0 Å². The number of nitrogens with zero attached hydrogens (tertiary/aromatic N) is 1. The first kappa shape index (κ1) is 18.0. The van der Waals surface area contributed by atoms with Crippen molar-refractivity contribution in [1.29, 1.82) is 0 Å². The summed E-state index contributed by atoms with van der Waals surface area (Å²) in [4.78, 5) is 13.9. The highest BCUT2D eigenvalue weighted by atomic mass is 35.5. The van der Waals surface area contributed by atoms with Gasteiger partial charge < -0.3 is 5.11 Å². The van der Waals surface area contributed by atoms with Gasteiger partial charge in [0.2, 0.25) is 0 Å². The number of phenols is 1. The predicted octanol–water partition coefficient (Wildman–Crippen LogP) is 4.65. The van der Waals surface area contributed by atoms with Crippen molar-refractivity contribution in [2.45, 2.75) is 59.5 Å². The Bertz CT molecular complexity index is 486. The fourth-order valence-electron chi connectivity index (χ4n) is 2.35. The van der Waals surface area contributed by atoms with Crippen LogP contribution in [0.25, 0.3) is 0 Å². The first-order valence-corrected chi connectivity index (χ1v) is 8.01. The zero-order valence-corrected chi connectivity index (χ0v) is 14.2. The van der Waals surface area contributed by atoms with E-state index < -0.39 is 0 Å². The summed E-state index contributed by atoms with van der Waals surface area (Å²) in [5.74, 6) is -0.105. The Labute approximate surface area is 132 Å². The molecule has 1 rings (SSSR count). The lowest BCUT2D eigenvalue weighted by Crippen LogP contribution is -2.31. The van der Waals surface area contributed by atoms with E-state index in [0.29, 0.717) is 23.2 Å². The van der Waals surface area contributed by atoms with Crippen molar-refractivity contribution in [3.8, 4) is 5.75 Å². The molecule has 3 nitrogen and oxygen atoms in total. The van der Waals surface area contributed by atoms with Crippen LogP contribution in [0.5, 0.6) is 5.75 Å². The third-order valence-electron chi connectivity index (χ3n) is 3.69. The number of benzene rings is 1. The third-order valence-corrected chi connectivity index (χ3v) is 3.90. The van der Waals surface area contributed by atoms with Gasteiger partial charge in [-0.15, -0.1) is 0 Å². The Morgan fingerprint density at radius 2 is 2.00 bits per heavy atom. The minimum Gasteiger partial charge on any atom is -0.507 e. The van der Waals surface area contributed by atoms with E-state index >= 15 is 0 Å². The molecule has 4 heteroatoms. The second kappa shape index (κ2) is 8.40. The Kier molecular flexibility index (Phi) is 7.20. The average Bonchev–Trinajstić information content (AvgIpc) is 2.40. The summed E-state index contributed by atoms with van der Waals surface area (Å²) in [7, 11) is 0. The van der Waals surface area contributed by atoms with Gasteiger partial charge in [0.05, 0.1) is 5.56 Å². The lowest BCUT2D eigenvalue weighted by molar-refractivity contribution is 0.101. The van der Waals surface area contributed by atoms with Crippen molar-refractivity contribution in [3.05, 3.63) is 28.3 Å². The summed E-state index contributed by atoms with van der Waals surface area (Å²) in [6.45, 7) is 9.48. The standard InChI is InChI=1S/C17H26ClNO2/c1-5-6-7-8-19(12(2)3)11-14-9-15(18)10-16(13(4)20)17(14)21/h9-10,12,21H,5-8,11H2,1-4H3. The Hall–Kier alpha value is -1.06. The van der Waals surface area contributed by atoms with Crippen LogP contribution in [0.15, 0.2) is 12.1 Å². The fraction of sp³-hybridized carbons (Fsp3) is 0.588. The number of carbonyl (C=O) groups excluding carboxylic acids is 1. The second-order valence-electron chi connectivity index (χ2n) is 5.79. The van der Waals surface area contributed by atoms with E-state index in [9.17, 15) is 9.90 Å². The maximum atomic E-state index is 11.6. The quantitative estimate of drug-likeness (QED) is 0.561. The van der Waals surface area contributed by atoms with Crippen molar-refractivity contribution in [2.75, 3.05) is 6.54 Å². The number of ketones is 1. The lowest BCUT2D eigenvalue weighted by Gasteiger charge is -2.27. The molecule has 0 aliphatic rings. The molecule has 0 saturated carbocycles. The van der Waals surface area contributed by atoms with E-state index in [0.717, 1.165) is 18.5 Å². The highest BCUT2D eigenvalue weighted by molar-refractivity contribution is 6.31. The molecule has 0 atom stereocenters. The average molecular weight is 312 g/mol. The molecule has 0 spiro atoms. The molecule has 0 saturated heterocycles. The van der Waals surface area contributed by atoms with Crippen LogP contribution >= 0.6 is 11.6 Å². The summed E-state index contributed by atoms with van der Waals surface area (Å²) in [5, 5.41) is 10.8. The van der Waals surface area contributed by atoms with Gasteiger partial charge in [-0.05, 0) is 45.9 Å². The largest absolute Gasteiger partial charge is 0.507 e. The molecule has 0 aliphatic heterocycles. The van der Waals surface area contributed by atoms with E-state index in [1.807, 2.05) is 0 Å². The maximum Gasteiger partial charge on any atom is 0.163 e. The first-order chi connectivity index (χ1) is 9.86. The van der Waals surface area contributed by atoms with Gasteiger partial charge in [0.15, 0.2) is 5.78 Å². The summed E-state index contributed by atoms with van der Waals surface area (Å²) < 4.78 is 0. The smallest absolute Gasteiger partial charge is 0.163 e. The molecule has 1 N–H and O–H groups in total. The SMILES string of the molecule is CCCCCN(Cc1cc(Cl)cc(C(C)=O)c1O)C(C)C. The van der Waals surface area contributed by atoms with Crippen molar-refractivity contribution in [1.82, 2.24) is 4.90 Å². The van der Waals surface area contributed by atoms with E-state index in [2.05, 4.69) is 25.7 Å². The Morgan fingerprint density at radius 1 is 1.33 bits per heavy atom. The van der Waals surface area contributed by atoms with Gasteiger partial charge in [0.25, 0.3) is 0 Å². The molecule has 0 amide bonds. The first-order valence-electron chi connectivity index (χ1n) is 7.63. The fourth-order valence-corrected chi connectivity index (χ4v) is 2.59. The monoisotopic (exact) mass is 311 g/mol. The van der Waals surface area contributed by atoms with Crippen LogP contribution in [-0.4, -0.2) is 28.4 Å². The van der Waals surface area contributed by atoms with Crippen LogP contribution in [0, 0.1) is 0 Å². The molecule has 0 heterocycles. The maximum absolute atomic E-state index is 11.6. The minimum absolute atomic E-state index is 0.0630. The van der Waals surface area contributed by atoms with Crippen molar-refractivity contribution < 1.29 is 9.90 Å². The predicted molar refractivity (Wildman–Crippen MR) is 88.2 cm³/mol. The minimum atomic E-state index is -0.168. The zero-order chi connectivity index (χ0) is 16.0. The van der Waals surface area contributed by atoms with Crippen LogP contribution in [0.1, 0.15) is 62.9 Å². The molecule has 0 fully saturated rings. The number of Topliss-reactive ketones (excluding diaryl/α,β-unsaturated/α-hetero) is 1. The van der Waals surface area contributed by atoms with E-state index in [-0.39, 0.29) is 11.5 Å². The third kappa shape index (κ3) is 5.33. The number of carbonyl (C=O) groups is 1. The topological polar surface area (TPSA) is 40.5 Å². The second-order valence-corrected chi connectivity index (χ2v) is 6.23.